The van der Waals surface area contributed by atoms with Crippen LogP contribution in [0.3, 0.4) is 0 Å². The maximum atomic E-state index is 11.6. The molecule has 0 aliphatic rings. The predicted octanol–water partition coefficient (Wildman–Crippen LogP) is -1.63. The van der Waals surface area contributed by atoms with Crippen molar-refractivity contribution in [2.75, 3.05) is 25.4 Å². The van der Waals surface area contributed by atoms with Crippen LogP contribution in [0.5, 0.6) is 0 Å². The molecule has 0 spiro atoms. The van der Waals surface area contributed by atoms with Crippen molar-refractivity contribution in [1.82, 2.24) is 10.6 Å². The Kier molecular flexibility index (Phi) is 13.2. The van der Waals surface area contributed by atoms with Crippen LogP contribution in [0.2, 0.25) is 0 Å². The van der Waals surface area contributed by atoms with Crippen molar-refractivity contribution in [3.8, 4) is 0 Å². The van der Waals surface area contributed by atoms with Gasteiger partial charge in [-0.05, 0) is 10.8 Å². The predicted molar refractivity (Wildman–Crippen MR) is 89.5 cm³/mol. The summed E-state index contributed by atoms with van der Waals surface area (Å²) in [6.45, 7) is 2.73. The summed E-state index contributed by atoms with van der Waals surface area (Å²) in [5.74, 6) is -1.10. The quantitative estimate of drug-likeness (QED) is 0.127. The second kappa shape index (κ2) is 11.9. The number of hydrogen-bond donors (Lipinski definition) is 5. The smallest absolute Gasteiger partial charge is 1.00 e. The molecule has 1 atom stereocenters. The first kappa shape index (κ1) is 25.6. The molecule has 0 rings (SSSR count). The maximum absolute atomic E-state index is 11.6. The molecule has 0 saturated heterocycles. The van der Waals surface area contributed by atoms with Crippen LogP contribution in [-0.2, 0) is 18.7 Å². The molecule has 5 N–H and O–H groups in total. The molecule has 0 bridgehead atoms. The van der Waals surface area contributed by atoms with E-state index in [-0.39, 0.29) is 72.5 Å². The van der Waals surface area contributed by atoms with Crippen LogP contribution in [0, 0.1) is 5.41 Å². The zero-order valence-electron chi connectivity index (χ0n) is 15.1. The Morgan fingerprint density at radius 1 is 1.26 bits per heavy atom. The Hall–Kier alpha value is 0.380. The van der Waals surface area contributed by atoms with Crippen LogP contribution < -0.4 is 10.6 Å². The molecule has 2 amide bonds. The molecular weight excluding hydrogens is 376 g/mol. The van der Waals surface area contributed by atoms with Crippen molar-refractivity contribution >= 4 is 69.5 Å². The van der Waals surface area contributed by atoms with Crippen molar-refractivity contribution in [2.24, 2.45) is 5.41 Å². The summed E-state index contributed by atoms with van der Waals surface area (Å²) in [7, 11) is -3.82. The van der Waals surface area contributed by atoms with Crippen LogP contribution in [-0.4, -0.2) is 104 Å². The number of amides is 2. The summed E-state index contributed by atoms with van der Waals surface area (Å²) >= 11 is 0. The third-order valence-corrected chi connectivity index (χ3v) is 4.77. The first-order valence-electron chi connectivity index (χ1n) is 6.45. The first-order valence-corrected chi connectivity index (χ1v) is 9.39. The van der Waals surface area contributed by atoms with Gasteiger partial charge in [0, 0.05) is 30.7 Å². The summed E-state index contributed by atoms with van der Waals surface area (Å²) in [5.41, 5.74) is -0.987. The number of rotatable bonds is 10. The number of hydrogen-bond acceptors (Lipinski definition) is 7. The van der Waals surface area contributed by atoms with Gasteiger partial charge in [0.2, 0.25) is 11.8 Å². The van der Waals surface area contributed by atoms with Crippen LogP contribution in [0.1, 0.15) is 23.1 Å². The van der Waals surface area contributed by atoms with Crippen LogP contribution in [0.4, 0.5) is 0 Å². The molecule has 0 aliphatic carbocycles. The summed E-state index contributed by atoms with van der Waals surface area (Å²) < 4.78 is 29.3. The number of carbonyl (C=O) groups excluding carboxylic acids is 2. The molecule has 9 nitrogen and oxygen atoms in total. The van der Waals surface area contributed by atoms with Crippen molar-refractivity contribution in [1.29, 1.82) is 0 Å². The number of aliphatic hydroxyl groups is 2. The SMILES string of the molecule is CC(C)(CO)[C@@H](O)C(=O)NCCC(=O)NCCSS(=O)(=O)O.[Ca+2].[H-].[H-]. The van der Waals surface area contributed by atoms with E-state index in [1.165, 1.54) is 13.8 Å². The molecule has 0 aromatic rings. The fourth-order valence-electron chi connectivity index (χ4n) is 1.26. The van der Waals surface area contributed by atoms with Gasteiger partial charge >= 0.3 is 46.9 Å². The van der Waals surface area contributed by atoms with Gasteiger partial charge in [0.1, 0.15) is 6.10 Å². The Morgan fingerprint density at radius 2 is 1.83 bits per heavy atom. The first-order chi connectivity index (χ1) is 9.99. The zero-order valence-corrected chi connectivity index (χ0v) is 17.0. The Morgan fingerprint density at radius 3 is 2.30 bits per heavy atom. The fourth-order valence-corrected chi connectivity index (χ4v) is 2.54. The van der Waals surface area contributed by atoms with Crippen molar-refractivity contribution in [2.45, 2.75) is 26.4 Å². The summed E-state index contributed by atoms with van der Waals surface area (Å²) in [6, 6.07) is 0. The number of nitrogens with one attached hydrogen (secondary N) is 2. The zero-order chi connectivity index (χ0) is 17.4. The summed E-state index contributed by atoms with van der Waals surface area (Å²) in [4.78, 5) is 23.0. The van der Waals surface area contributed by atoms with Crippen LogP contribution in [0.15, 0.2) is 0 Å². The second-order valence-electron chi connectivity index (χ2n) is 5.19. The van der Waals surface area contributed by atoms with E-state index in [9.17, 15) is 23.1 Å². The van der Waals surface area contributed by atoms with Gasteiger partial charge in [0.15, 0.2) is 0 Å². The molecule has 134 valence electrons. The molecule has 0 aromatic carbocycles. The number of carbonyl (C=O) groups is 2. The van der Waals surface area contributed by atoms with E-state index in [0.29, 0.717) is 10.8 Å². The molecule has 23 heavy (non-hydrogen) atoms. The average molecular weight is 401 g/mol. The second-order valence-corrected chi connectivity index (χ2v) is 8.66. The summed E-state index contributed by atoms with van der Waals surface area (Å²) in [6.07, 6.45) is -1.44. The van der Waals surface area contributed by atoms with Gasteiger partial charge < -0.3 is 23.7 Å². The van der Waals surface area contributed by atoms with E-state index in [0.717, 1.165) is 0 Å². The molecule has 0 aliphatic heterocycles. The van der Waals surface area contributed by atoms with Gasteiger partial charge in [-0.2, -0.15) is 8.42 Å². The minimum absolute atomic E-state index is 0. The van der Waals surface area contributed by atoms with E-state index in [1.807, 2.05) is 0 Å². The topological polar surface area (TPSA) is 153 Å². The normalized spacial score (nSPS) is 12.9. The third-order valence-electron chi connectivity index (χ3n) is 2.70. The number of aliphatic hydroxyl groups excluding tert-OH is 2. The largest absolute Gasteiger partial charge is 2.00 e. The van der Waals surface area contributed by atoms with E-state index < -0.39 is 32.5 Å². The molecule has 12 heteroatoms. The molecule has 0 radical (unpaired) electrons. The Balaban J connectivity index is -0.000000735. The Bertz CT molecular complexity index is 495. The summed E-state index contributed by atoms with van der Waals surface area (Å²) in [5, 5.41) is 23.5. The van der Waals surface area contributed by atoms with Crippen molar-refractivity contribution in [3.63, 3.8) is 0 Å². The molecule has 0 fully saturated rings. The van der Waals surface area contributed by atoms with Gasteiger partial charge in [-0.3, -0.25) is 14.1 Å². The van der Waals surface area contributed by atoms with Gasteiger partial charge in [-0.15, -0.1) is 0 Å². The van der Waals surface area contributed by atoms with Gasteiger partial charge in [-0.25, -0.2) is 0 Å². The minimum Gasteiger partial charge on any atom is -1.00 e. The molecule has 0 unspecified atom stereocenters. The fraction of sp³-hybridized carbons (Fsp3) is 0.818. The molecule has 0 saturated carbocycles. The van der Waals surface area contributed by atoms with Crippen LogP contribution >= 0.6 is 10.8 Å². The van der Waals surface area contributed by atoms with E-state index in [1.54, 1.807) is 0 Å². The minimum atomic E-state index is -4.12. The third kappa shape index (κ3) is 12.4. The monoisotopic (exact) mass is 400 g/mol. The van der Waals surface area contributed by atoms with E-state index >= 15 is 0 Å². The van der Waals surface area contributed by atoms with Crippen molar-refractivity contribution in [3.05, 3.63) is 0 Å². The van der Waals surface area contributed by atoms with Crippen LogP contribution in [0.25, 0.3) is 0 Å². The molecule has 0 heterocycles. The van der Waals surface area contributed by atoms with E-state index in [4.69, 9.17) is 9.66 Å². The van der Waals surface area contributed by atoms with Gasteiger partial charge in [0.25, 0.3) is 0 Å². The Labute approximate surface area is 172 Å². The standard InChI is InChI=1S/C11H22N2O7S2.Ca.2H/c1-11(2,7-14)9(16)10(17)13-4-3-8(15)12-5-6-21-22(18,19)20;;;/h9,14,16H,3-7H2,1-2H3,(H,12,15)(H,13,17)(H,18,19,20);;;/q;+2;2*-1/t9-;;;/m0.../s1. The molecule has 0 aromatic heterocycles. The van der Waals surface area contributed by atoms with Crippen molar-refractivity contribution < 1.29 is 35.6 Å². The van der Waals surface area contributed by atoms with Gasteiger partial charge in [0.05, 0.1) is 6.61 Å². The van der Waals surface area contributed by atoms with Gasteiger partial charge in [-0.1, -0.05) is 13.8 Å². The molecular formula is C11H24CaN2O7S2. The maximum Gasteiger partial charge on any atom is 2.00 e. The van der Waals surface area contributed by atoms with E-state index in [2.05, 4.69) is 10.6 Å². The average Bonchev–Trinajstić information content (AvgIpc) is 2.41.